The van der Waals surface area contributed by atoms with Crippen LogP contribution in [0.5, 0.6) is 0 Å². The average Bonchev–Trinajstić information content (AvgIpc) is 3.10. The summed E-state index contributed by atoms with van der Waals surface area (Å²) >= 11 is 1.51. The van der Waals surface area contributed by atoms with E-state index in [0.717, 1.165) is 34.4 Å². The molecule has 0 radical (unpaired) electrons. The SMILES string of the molecule is Cn1c(=NC(=O)c2n[nH]c3c2CNCC3)sc2ccccc21. The highest BCUT2D eigenvalue weighted by atomic mass is 32.1. The minimum Gasteiger partial charge on any atom is -0.319 e. The van der Waals surface area contributed by atoms with Crippen LogP contribution < -0.4 is 10.1 Å². The van der Waals surface area contributed by atoms with Crippen molar-refractivity contribution in [3.63, 3.8) is 0 Å². The van der Waals surface area contributed by atoms with Gasteiger partial charge in [-0.3, -0.25) is 9.89 Å². The normalized spacial score (nSPS) is 15.2. The molecule has 3 heterocycles. The first-order valence-corrected chi connectivity index (χ1v) is 7.96. The molecule has 0 aliphatic carbocycles. The number of carbonyl (C=O) groups is 1. The predicted octanol–water partition coefficient (Wildman–Crippen LogP) is 1.35. The molecule has 1 aromatic carbocycles. The largest absolute Gasteiger partial charge is 0.319 e. The number of H-pyrrole nitrogens is 1. The Balaban J connectivity index is 1.79. The van der Waals surface area contributed by atoms with Crippen molar-refractivity contribution in [3.8, 4) is 0 Å². The van der Waals surface area contributed by atoms with Crippen LogP contribution in [0.3, 0.4) is 0 Å². The van der Waals surface area contributed by atoms with Crippen LogP contribution in [0.1, 0.15) is 21.7 Å². The van der Waals surface area contributed by atoms with Crippen LogP contribution in [0.25, 0.3) is 10.2 Å². The topological polar surface area (TPSA) is 75.1 Å². The molecule has 3 aromatic rings. The van der Waals surface area contributed by atoms with Crippen molar-refractivity contribution >= 4 is 27.5 Å². The number of benzene rings is 1. The van der Waals surface area contributed by atoms with Gasteiger partial charge in [-0.2, -0.15) is 10.1 Å². The lowest BCUT2D eigenvalue weighted by atomic mass is 10.1. The quantitative estimate of drug-likeness (QED) is 0.712. The molecule has 0 bridgehead atoms. The molecule has 0 saturated heterocycles. The monoisotopic (exact) mass is 313 g/mol. The number of nitrogens with zero attached hydrogens (tertiary/aromatic N) is 3. The third-order valence-electron chi connectivity index (χ3n) is 3.92. The Kier molecular flexibility index (Phi) is 3.16. The summed E-state index contributed by atoms with van der Waals surface area (Å²) in [6.45, 7) is 1.58. The van der Waals surface area contributed by atoms with Gasteiger partial charge in [0.2, 0.25) is 0 Å². The third-order valence-corrected chi connectivity index (χ3v) is 5.03. The Bertz CT molecular complexity index is 933. The van der Waals surface area contributed by atoms with Gasteiger partial charge in [0.25, 0.3) is 5.91 Å². The smallest absolute Gasteiger partial charge is 0.300 e. The fourth-order valence-corrected chi connectivity index (χ4v) is 3.75. The summed E-state index contributed by atoms with van der Waals surface area (Å²) in [5.74, 6) is -0.289. The van der Waals surface area contributed by atoms with Crippen molar-refractivity contribution in [2.24, 2.45) is 12.0 Å². The summed E-state index contributed by atoms with van der Waals surface area (Å²) in [7, 11) is 1.92. The fraction of sp³-hybridized carbons (Fsp3) is 0.267. The molecule has 112 valence electrons. The summed E-state index contributed by atoms with van der Waals surface area (Å²) in [6.07, 6.45) is 0.867. The Hall–Kier alpha value is -2.25. The molecule has 6 nitrogen and oxygen atoms in total. The number of aromatic nitrogens is 3. The molecule has 2 N–H and O–H groups in total. The van der Waals surface area contributed by atoms with E-state index in [9.17, 15) is 4.79 Å². The number of nitrogens with one attached hydrogen (secondary N) is 2. The van der Waals surface area contributed by atoms with Crippen molar-refractivity contribution in [1.82, 2.24) is 20.1 Å². The van der Waals surface area contributed by atoms with Crippen molar-refractivity contribution in [1.29, 1.82) is 0 Å². The first-order chi connectivity index (χ1) is 10.7. The van der Waals surface area contributed by atoms with E-state index in [4.69, 9.17) is 0 Å². The van der Waals surface area contributed by atoms with Crippen molar-refractivity contribution in [2.45, 2.75) is 13.0 Å². The van der Waals surface area contributed by atoms with Crippen LogP contribution in [-0.4, -0.2) is 27.2 Å². The van der Waals surface area contributed by atoms with Gasteiger partial charge in [0.05, 0.1) is 10.2 Å². The van der Waals surface area contributed by atoms with E-state index >= 15 is 0 Å². The van der Waals surface area contributed by atoms with Gasteiger partial charge in [-0.15, -0.1) is 0 Å². The van der Waals surface area contributed by atoms with E-state index in [1.165, 1.54) is 11.3 Å². The van der Waals surface area contributed by atoms with Crippen LogP contribution in [0.2, 0.25) is 0 Å². The zero-order valence-corrected chi connectivity index (χ0v) is 12.9. The maximum absolute atomic E-state index is 12.5. The zero-order valence-electron chi connectivity index (χ0n) is 12.1. The molecule has 0 saturated carbocycles. The van der Waals surface area contributed by atoms with Crippen LogP contribution in [0.15, 0.2) is 29.3 Å². The number of hydrogen-bond acceptors (Lipinski definition) is 4. The molecule has 1 amide bonds. The highest BCUT2D eigenvalue weighted by molar-refractivity contribution is 7.16. The van der Waals surface area contributed by atoms with Crippen LogP contribution in [0, 0.1) is 0 Å². The first kappa shape index (κ1) is 13.4. The summed E-state index contributed by atoms with van der Waals surface area (Å²) in [5.41, 5.74) is 3.49. The van der Waals surface area contributed by atoms with Gasteiger partial charge in [-0.05, 0) is 12.1 Å². The van der Waals surface area contributed by atoms with E-state index in [-0.39, 0.29) is 5.91 Å². The molecule has 22 heavy (non-hydrogen) atoms. The number of hydrogen-bond donors (Lipinski definition) is 2. The molecule has 0 atom stereocenters. The summed E-state index contributed by atoms with van der Waals surface area (Å²) in [5, 5.41) is 10.4. The number of amides is 1. The summed E-state index contributed by atoms with van der Waals surface area (Å²) in [6, 6.07) is 8.02. The predicted molar refractivity (Wildman–Crippen MR) is 84.7 cm³/mol. The highest BCUT2D eigenvalue weighted by Gasteiger charge is 2.21. The molecule has 1 aliphatic heterocycles. The summed E-state index contributed by atoms with van der Waals surface area (Å²) < 4.78 is 3.05. The molecule has 4 rings (SSSR count). The van der Waals surface area contributed by atoms with E-state index in [1.807, 2.05) is 35.9 Å². The first-order valence-electron chi connectivity index (χ1n) is 7.14. The van der Waals surface area contributed by atoms with Crippen molar-refractivity contribution in [2.75, 3.05) is 6.54 Å². The van der Waals surface area contributed by atoms with Crippen LogP contribution in [0.4, 0.5) is 0 Å². The van der Waals surface area contributed by atoms with Gasteiger partial charge in [0.1, 0.15) is 0 Å². The van der Waals surface area contributed by atoms with E-state index in [1.54, 1.807) is 0 Å². The van der Waals surface area contributed by atoms with Crippen LogP contribution >= 0.6 is 11.3 Å². The van der Waals surface area contributed by atoms with Crippen molar-refractivity contribution < 1.29 is 4.79 Å². The Labute approximate surface area is 130 Å². The van der Waals surface area contributed by atoms with E-state index in [0.29, 0.717) is 17.0 Å². The second-order valence-electron chi connectivity index (χ2n) is 5.28. The molecule has 0 unspecified atom stereocenters. The Morgan fingerprint density at radius 3 is 3.14 bits per heavy atom. The number of para-hydroxylation sites is 1. The van der Waals surface area contributed by atoms with Gasteiger partial charge in [-0.1, -0.05) is 23.5 Å². The van der Waals surface area contributed by atoms with Gasteiger partial charge < -0.3 is 9.88 Å². The Morgan fingerprint density at radius 2 is 2.27 bits per heavy atom. The maximum atomic E-state index is 12.5. The minimum atomic E-state index is -0.289. The van der Waals surface area contributed by atoms with E-state index in [2.05, 4.69) is 20.5 Å². The molecule has 7 heteroatoms. The van der Waals surface area contributed by atoms with Gasteiger partial charge in [0.15, 0.2) is 10.5 Å². The number of carbonyl (C=O) groups excluding carboxylic acids is 1. The van der Waals surface area contributed by atoms with Gasteiger partial charge in [-0.25, -0.2) is 0 Å². The molecular weight excluding hydrogens is 298 g/mol. The van der Waals surface area contributed by atoms with Crippen LogP contribution in [-0.2, 0) is 20.0 Å². The molecule has 2 aromatic heterocycles. The van der Waals surface area contributed by atoms with Crippen molar-refractivity contribution in [3.05, 3.63) is 46.0 Å². The Morgan fingerprint density at radius 1 is 1.41 bits per heavy atom. The molecular formula is C15H15N5OS. The number of rotatable bonds is 1. The van der Waals surface area contributed by atoms with Gasteiger partial charge in [0, 0.05) is 37.8 Å². The number of thiazole rings is 1. The molecule has 1 aliphatic rings. The summed E-state index contributed by atoms with van der Waals surface area (Å²) in [4.78, 5) is 17.5. The number of fused-ring (bicyclic) bond motifs is 2. The lowest BCUT2D eigenvalue weighted by Gasteiger charge is -2.11. The third kappa shape index (κ3) is 2.10. The average molecular weight is 313 g/mol. The molecule has 0 fully saturated rings. The fourth-order valence-electron chi connectivity index (χ4n) is 2.73. The second-order valence-corrected chi connectivity index (χ2v) is 6.29. The maximum Gasteiger partial charge on any atom is 0.300 e. The van der Waals surface area contributed by atoms with Gasteiger partial charge >= 0.3 is 0 Å². The standard InChI is InChI=1S/C15H15N5OS/c1-20-11-4-2-3-5-12(11)22-15(20)17-14(21)13-9-8-16-7-6-10(9)18-19-13/h2-5,16H,6-8H2,1H3,(H,18,19). The molecule has 0 spiro atoms. The lowest BCUT2D eigenvalue weighted by Crippen LogP contribution is -2.24. The number of aryl methyl sites for hydroxylation is 1. The minimum absolute atomic E-state index is 0.289. The lowest BCUT2D eigenvalue weighted by molar-refractivity contribution is 0.0992. The van der Waals surface area contributed by atoms with E-state index < -0.39 is 0 Å². The second kappa shape index (κ2) is 5.19. The zero-order chi connectivity index (χ0) is 15.1. The highest BCUT2D eigenvalue weighted by Crippen LogP contribution is 2.17. The number of aromatic amines is 1.